The van der Waals surface area contributed by atoms with Crippen LogP contribution in [0.15, 0.2) is 78.9 Å². The maximum Gasteiger partial charge on any atom is 0.255 e. The first kappa shape index (κ1) is 20.5. The second-order valence-corrected chi connectivity index (χ2v) is 7.68. The largest absolute Gasteiger partial charge is 0.486 e. The van der Waals surface area contributed by atoms with Crippen LogP contribution in [0.4, 0.5) is 17.2 Å². The van der Waals surface area contributed by atoms with Gasteiger partial charge in [-0.05, 0) is 55.5 Å². The van der Waals surface area contributed by atoms with E-state index in [4.69, 9.17) is 9.47 Å². The quantitative estimate of drug-likeness (QED) is 0.444. The molecule has 1 aliphatic rings. The summed E-state index contributed by atoms with van der Waals surface area (Å²) in [5.74, 6) is 1.73. The summed E-state index contributed by atoms with van der Waals surface area (Å²) in [5, 5.41) is 14.7. The lowest BCUT2D eigenvalue weighted by atomic mass is 10.1. The van der Waals surface area contributed by atoms with Gasteiger partial charge in [0.2, 0.25) is 0 Å². The first-order chi connectivity index (χ1) is 16.1. The Balaban J connectivity index is 1.22. The minimum Gasteiger partial charge on any atom is -0.486 e. The standard InChI is InChI=1S/C26H22N4O3/c1-17-2-4-18(5-3-17)22-11-13-25(30-29-22)27-20-8-6-19(7-9-20)26(31)28-21-10-12-23-24(16-21)33-15-14-32-23/h2-13,16H,14-15H2,1H3,(H,27,30)(H,28,31). The summed E-state index contributed by atoms with van der Waals surface area (Å²) in [5.41, 5.74) is 5.03. The normalized spacial score (nSPS) is 12.2. The van der Waals surface area contributed by atoms with E-state index in [1.807, 2.05) is 36.4 Å². The molecule has 4 aromatic rings. The number of aryl methyl sites for hydroxylation is 1. The highest BCUT2D eigenvalue weighted by Gasteiger charge is 2.13. The Morgan fingerprint density at radius 1 is 0.788 bits per heavy atom. The summed E-state index contributed by atoms with van der Waals surface area (Å²) in [7, 11) is 0. The molecule has 0 saturated heterocycles. The fraction of sp³-hybridized carbons (Fsp3) is 0.115. The Hall–Kier alpha value is -4.39. The molecule has 0 radical (unpaired) electrons. The topological polar surface area (TPSA) is 85.4 Å². The zero-order chi connectivity index (χ0) is 22.6. The summed E-state index contributed by atoms with van der Waals surface area (Å²) < 4.78 is 11.1. The van der Waals surface area contributed by atoms with E-state index in [-0.39, 0.29) is 5.91 Å². The highest BCUT2D eigenvalue weighted by atomic mass is 16.6. The van der Waals surface area contributed by atoms with Crippen LogP contribution >= 0.6 is 0 Å². The number of rotatable bonds is 5. The fourth-order valence-electron chi connectivity index (χ4n) is 3.45. The van der Waals surface area contributed by atoms with E-state index in [9.17, 15) is 4.79 Å². The zero-order valence-electron chi connectivity index (χ0n) is 18.0. The van der Waals surface area contributed by atoms with Crippen molar-refractivity contribution >= 4 is 23.1 Å². The molecule has 2 N–H and O–H groups in total. The van der Waals surface area contributed by atoms with Crippen LogP contribution < -0.4 is 20.1 Å². The zero-order valence-corrected chi connectivity index (χ0v) is 18.0. The second kappa shape index (κ2) is 9.00. The highest BCUT2D eigenvalue weighted by Crippen LogP contribution is 2.32. The molecule has 1 aliphatic heterocycles. The lowest BCUT2D eigenvalue weighted by Crippen LogP contribution is -2.16. The maximum atomic E-state index is 12.6. The van der Waals surface area contributed by atoms with E-state index in [1.54, 1.807) is 30.3 Å². The van der Waals surface area contributed by atoms with Crippen LogP contribution in [0.2, 0.25) is 0 Å². The molecule has 0 atom stereocenters. The number of carbonyl (C=O) groups excluding carboxylic acids is 1. The molecule has 33 heavy (non-hydrogen) atoms. The molecule has 0 aliphatic carbocycles. The van der Waals surface area contributed by atoms with Crippen LogP contribution in [0.5, 0.6) is 11.5 Å². The first-order valence-corrected chi connectivity index (χ1v) is 10.6. The van der Waals surface area contributed by atoms with Crippen LogP contribution in [0, 0.1) is 6.92 Å². The van der Waals surface area contributed by atoms with Gasteiger partial charge in [0.1, 0.15) is 13.2 Å². The predicted molar refractivity (Wildman–Crippen MR) is 127 cm³/mol. The van der Waals surface area contributed by atoms with Crippen molar-refractivity contribution in [3.05, 3.63) is 90.0 Å². The molecule has 0 bridgehead atoms. The molecule has 164 valence electrons. The van der Waals surface area contributed by atoms with Crippen LogP contribution in [-0.4, -0.2) is 29.3 Å². The Bertz CT molecular complexity index is 1270. The van der Waals surface area contributed by atoms with Crippen LogP contribution in [0.3, 0.4) is 0 Å². The van der Waals surface area contributed by atoms with Gasteiger partial charge in [-0.2, -0.15) is 0 Å². The number of ether oxygens (including phenoxy) is 2. The van der Waals surface area contributed by atoms with Crippen molar-refractivity contribution < 1.29 is 14.3 Å². The number of amides is 1. The van der Waals surface area contributed by atoms with Gasteiger partial charge in [-0.3, -0.25) is 4.79 Å². The third kappa shape index (κ3) is 4.77. The molecule has 7 nitrogen and oxygen atoms in total. The van der Waals surface area contributed by atoms with E-state index >= 15 is 0 Å². The van der Waals surface area contributed by atoms with Crippen molar-refractivity contribution in [3.8, 4) is 22.8 Å². The summed E-state index contributed by atoms with van der Waals surface area (Å²) in [4.78, 5) is 12.6. The number of benzene rings is 3. The van der Waals surface area contributed by atoms with Gasteiger partial charge >= 0.3 is 0 Å². The molecular formula is C26H22N4O3. The van der Waals surface area contributed by atoms with E-state index in [0.717, 1.165) is 16.9 Å². The van der Waals surface area contributed by atoms with Gasteiger partial charge in [-0.15, -0.1) is 10.2 Å². The van der Waals surface area contributed by atoms with Crippen molar-refractivity contribution in [2.24, 2.45) is 0 Å². The molecule has 1 amide bonds. The number of nitrogens with zero attached hydrogens (tertiary/aromatic N) is 2. The lowest BCUT2D eigenvalue weighted by molar-refractivity contribution is 0.102. The third-order valence-corrected chi connectivity index (χ3v) is 5.23. The van der Waals surface area contributed by atoms with Crippen molar-refractivity contribution in [2.75, 3.05) is 23.8 Å². The molecule has 1 aromatic heterocycles. The molecule has 0 saturated carbocycles. The third-order valence-electron chi connectivity index (χ3n) is 5.23. The Morgan fingerprint density at radius 2 is 1.52 bits per heavy atom. The predicted octanol–water partition coefficient (Wildman–Crippen LogP) is 5.22. The Kier molecular flexibility index (Phi) is 5.59. The molecule has 2 heterocycles. The smallest absolute Gasteiger partial charge is 0.255 e. The number of hydrogen-bond donors (Lipinski definition) is 2. The van der Waals surface area contributed by atoms with Gasteiger partial charge < -0.3 is 20.1 Å². The van der Waals surface area contributed by atoms with E-state index in [2.05, 4.69) is 39.9 Å². The van der Waals surface area contributed by atoms with Gasteiger partial charge in [0.25, 0.3) is 5.91 Å². The average Bonchev–Trinajstić information content (AvgIpc) is 2.85. The summed E-state index contributed by atoms with van der Waals surface area (Å²) >= 11 is 0. The van der Waals surface area contributed by atoms with Gasteiger partial charge in [0.05, 0.1) is 5.69 Å². The van der Waals surface area contributed by atoms with Gasteiger partial charge in [-0.1, -0.05) is 29.8 Å². The molecule has 7 heteroatoms. The molecule has 0 unspecified atom stereocenters. The number of nitrogens with one attached hydrogen (secondary N) is 2. The van der Waals surface area contributed by atoms with Crippen molar-refractivity contribution in [1.82, 2.24) is 10.2 Å². The SMILES string of the molecule is Cc1ccc(-c2ccc(Nc3ccc(C(=O)Nc4ccc5c(c4)OCCO5)cc3)nn2)cc1. The monoisotopic (exact) mass is 438 g/mol. The summed E-state index contributed by atoms with van der Waals surface area (Å²) in [6.07, 6.45) is 0. The van der Waals surface area contributed by atoms with Gasteiger partial charge in [-0.25, -0.2) is 0 Å². The fourth-order valence-corrected chi connectivity index (χ4v) is 3.45. The minimum absolute atomic E-state index is 0.208. The van der Waals surface area contributed by atoms with E-state index in [1.165, 1.54) is 5.56 Å². The van der Waals surface area contributed by atoms with Crippen molar-refractivity contribution in [1.29, 1.82) is 0 Å². The maximum absolute atomic E-state index is 12.6. The van der Waals surface area contributed by atoms with Crippen LogP contribution in [0.25, 0.3) is 11.3 Å². The summed E-state index contributed by atoms with van der Waals surface area (Å²) in [6.45, 7) is 3.08. The number of aromatic nitrogens is 2. The number of anilines is 3. The summed E-state index contributed by atoms with van der Waals surface area (Å²) in [6, 6.07) is 24.5. The lowest BCUT2D eigenvalue weighted by Gasteiger charge is -2.19. The van der Waals surface area contributed by atoms with E-state index in [0.29, 0.717) is 41.8 Å². The number of carbonyl (C=O) groups is 1. The second-order valence-electron chi connectivity index (χ2n) is 7.68. The molecule has 5 rings (SSSR count). The van der Waals surface area contributed by atoms with Crippen LogP contribution in [-0.2, 0) is 0 Å². The molecule has 0 spiro atoms. The molecule has 3 aromatic carbocycles. The molecular weight excluding hydrogens is 416 g/mol. The average molecular weight is 438 g/mol. The Morgan fingerprint density at radius 3 is 2.24 bits per heavy atom. The number of fused-ring (bicyclic) bond motifs is 1. The van der Waals surface area contributed by atoms with E-state index < -0.39 is 0 Å². The number of hydrogen-bond acceptors (Lipinski definition) is 6. The molecule has 0 fully saturated rings. The van der Waals surface area contributed by atoms with Gasteiger partial charge in [0.15, 0.2) is 17.3 Å². The van der Waals surface area contributed by atoms with Gasteiger partial charge in [0, 0.05) is 28.6 Å². The Labute approximate surface area is 191 Å². The minimum atomic E-state index is -0.208. The highest BCUT2D eigenvalue weighted by molar-refractivity contribution is 6.04. The first-order valence-electron chi connectivity index (χ1n) is 10.6. The van der Waals surface area contributed by atoms with Crippen LogP contribution in [0.1, 0.15) is 15.9 Å². The van der Waals surface area contributed by atoms with Crippen molar-refractivity contribution in [3.63, 3.8) is 0 Å². The van der Waals surface area contributed by atoms with Crippen molar-refractivity contribution in [2.45, 2.75) is 6.92 Å².